The average molecular weight is 391 g/mol. The van der Waals surface area contributed by atoms with Crippen LogP contribution >= 0.6 is 0 Å². The number of rotatable bonds is 6. The van der Waals surface area contributed by atoms with Crippen molar-refractivity contribution >= 4 is 11.9 Å². The third-order valence-corrected chi connectivity index (χ3v) is 2.96. The Kier molecular flexibility index (Phi) is 18.5. The number of nitrogens with one attached hydrogen (secondary N) is 2. The number of aliphatic carboxylic acids is 2. The summed E-state index contributed by atoms with van der Waals surface area (Å²) < 4.78 is 17.0. The molecule has 4 atom stereocenters. The summed E-state index contributed by atoms with van der Waals surface area (Å²) in [5.74, 6) is -2.13. The van der Waals surface area contributed by atoms with Gasteiger partial charge in [0, 0.05) is 0 Å². The van der Waals surface area contributed by atoms with Crippen molar-refractivity contribution in [1.82, 2.24) is 0 Å². The molecule has 124 valence electrons. The normalized spacial score (nSPS) is 14.8. The summed E-state index contributed by atoms with van der Waals surface area (Å²) >= 11 is -1.91. The van der Waals surface area contributed by atoms with Gasteiger partial charge in [-0.2, -0.15) is 0 Å². The molecule has 0 fully saturated rings. The van der Waals surface area contributed by atoms with Crippen LogP contribution in [0, 0.1) is 11.8 Å². The second kappa shape index (κ2) is 15.5. The van der Waals surface area contributed by atoms with Gasteiger partial charge in [-0.3, -0.25) is 9.59 Å². The van der Waals surface area contributed by atoms with E-state index in [0.717, 1.165) is 12.8 Å². The second-order valence-electron chi connectivity index (χ2n) is 4.47. The van der Waals surface area contributed by atoms with Crippen molar-refractivity contribution in [3.63, 3.8) is 0 Å². The minimum atomic E-state index is -1.91. The number of carbonyl (C=O) groups is 2. The molecule has 0 saturated heterocycles. The van der Waals surface area contributed by atoms with Gasteiger partial charge in [-0.25, -0.2) is 0 Å². The van der Waals surface area contributed by atoms with Gasteiger partial charge in [-0.15, -0.1) is 0 Å². The second-order valence-corrected chi connectivity index (χ2v) is 4.78. The number of hydrogen-bond acceptors (Lipinski definition) is 4. The van der Waals surface area contributed by atoms with Gasteiger partial charge in [0.2, 0.25) is 0 Å². The summed E-state index contributed by atoms with van der Waals surface area (Å²) in [6.45, 7) is 7.31. The fourth-order valence-electron chi connectivity index (χ4n) is 0.958. The zero-order chi connectivity index (χ0) is 17.6. The molecule has 4 N–H and O–H groups in total. The molecular formula is C12H24N2O6Tc+. The zero-order valence-corrected chi connectivity index (χ0v) is 14.5. The molecule has 21 heavy (non-hydrogen) atoms. The Morgan fingerprint density at radius 1 is 0.905 bits per heavy atom. The van der Waals surface area contributed by atoms with Gasteiger partial charge >= 0.3 is 24.6 Å². The Hall–Kier alpha value is -0.891. The molecule has 0 aliphatic rings. The zero-order valence-electron chi connectivity index (χ0n) is 12.6. The molecule has 0 aliphatic carbocycles. The number of hydrogen-bond donors (Lipinski definition) is 2. The average Bonchev–Trinajstić information content (AvgIpc) is 2.45. The van der Waals surface area contributed by atoms with Crippen molar-refractivity contribution in [2.24, 2.45) is 11.8 Å². The van der Waals surface area contributed by atoms with Crippen LogP contribution in [-0.2, 0) is 34.2 Å². The summed E-state index contributed by atoms with van der Waals surface area (Å²) in [5, 5.41) is 16.6. The predicted octanol–water partition coefficient (Wildman–Crippen LogP) is 2.84. The molecule has 0 radical (unpaired) electrons. The van der Waals surface area contributed by atoms with Gasteiger partial charge in [0.15, 0.2) is 0 Å². The molecular weight excluding hydrogens is 367 g/mol. The Morgan fingerprint density at radius 3 is 1.14 bits per heavy atom. The third kappa shape index (κ3) is 15.3. The summed E-state index contributed by atoms with van der Waals surface area (Å²) in [6.07, 6.45) is 1.50. The number of carboxylic acid groups (broad SMARTS) is 2. The Labute approximate surface area is 132 Å². The first-order valence-electron chi connectivity index (χ1n) is 6.37. The Bertz CT molecular complexity index is 308. The van der Waals surface area contributed by atoms with E-state index in [9.17, 15) is 9.59 Å². The van der Waals surface area contributed by atoms with Crippen molar-refractivity contribution in [3.05, 3.63) is 11.5 Å². The van der Waals surface area contributed by atoms with Crippen molar-refractivity contribution in [1.29, 1.82) is 0 Å². The summed E-state index contributed by atoms with van der Waals surface area (Å²) in [4.78, 5) is 20.2. The summed E-state index contributed by atoms with van der Waals surface area (Å²) in [5.41, 5.74) is 14.1. The molecule has 0 aromatic rings. The maximum atomic E-state index is 10.1. The van der Waals surface area contributed by atoms with Crippen LogP contribution in [0.4, 0.5) is 0 Å². The van der Waals surface area contributed by atoms with Crippen molar-refractivity contribution in [3.8, 4) is 0 Å². The molecule has 9 heteroatoms. The van der Waals surface area contributed by atoms with E-state index in [2.05, 4.69) is 0 Å². The fourth-order valence-corrected chi connectivity index (χ4v) is 0.958. The van der Waals surface area contributed by atoms with Crippen LogP contribution in [0.3, 0.4) is 0 Å². The van der Waals surface area contributed by atoms with Gasteiger partial charge in [0.05, 0.1) is 0 Å². The molecule has 0 heterocycles. The molecule has 0 saturated carbocycles. The van der Waals surface area contributed by atoms with E-state index in [1.807, 2.05) is 13.8 Å². The quantitative estimate of drug-likeness (QED) is 0.709. The molecule has 0 rings (SSSR count). The minimum absolute atomic E-state index is 0.0394. The van der Waals surface area contributed by atoms with E-state index in [-0.39, 0.29) is 11.8 Å². The van der Waals surface area contributed by atoms with Crippen LogP contribution in [0.15, 0.2) is 0 Å². The van der Waals surface area contributed by atoms with E-state index in [4.69, 9.17) is 28.7 Å². The van der Waals surface area contributed by atoms with Crippen LogP contribution < -0.4 is 0 Å². The molecule has 0 aromatic carbocycles. The van der Waals surface area contributed by atoms with Crippen molar-refractivity contribution in [2.45, 2.75) is 52.6 Å². The first kappa shape index (κ1) is 25.1. The van der Waals surface area contributed by atoms with E-state index < -0.39 is 41.6 Å². The molecule has 0 aliphatic heterocycles. The van der Waals surface area contributed by atoms with Crippen LogP contribution in [0.2, 0.25) is 0 Å². The third-order valence-electron chi connectivity index (χ3n) is 2.96. The molecule has 0 spiro atoms. The summed E-state index contributed by atoms with van der Waals surface area (Å²) in [7, 11) is 0. The monoisotopic (exact) mass is 391 g/mol. The summed E-state index contributed by atoms with van der Waals surface area (Å²) in [6, 6.07) is -1.90. The van der Waals surface area contributed by atoms with Crippen molar-refractivity contribution < 1.29 is 44.4 Å². The maximum absolute atomic E-state index is 10.1. The molecule has 8 nitrogen and oxygen atoms in total. The van der Waals surface area contributed by atoms with Gasteiger partial charge in [0.1, 0.15) is 0 Å². The first-order chi connectivity index (χ1) is 9.60. The molecule has 0 aromatic heterocycles. The molecule has 0 amide bonds. The SMILES string of the molecule is CCC(C)C([NH-])C(=O)O.CCC(C)C([NH-])C(=O)O.[O]=[99Tc+3]=[O]. The first-order valence-corrected chi connectivity index (χ1v) is 7.89. The van der Waals surface area contributed by atoms with Crippen LogP contribution in [-0.4, -0.2) is 34.2 Å². The number of carboxylic acids is 2. The van der Waals surface area contributed by atoms with Crippen LogP contribution in [0.1, 0.15) is 40.5 Å². The van der Waals surface area contributed by atoms with Crippen molar-refractivity contribution in [2.75, 3.05) is 0 Å². The van der Waals surface area contributed by atoms with Crippen LogP contribution in [0.5, 0.6) is 0 Å². The predicted molar refractivity (Wildman–Crippen MR) is 71.8 cm³/mol. The Balaban J connectivity index is -0.000000260. The van der Waals surface area contributed by atoms with Gasteiger partial charge in [-0.05, 0) is 12.1 Å². The van der Waals surface area contributed by atoms with Gasteiger partial charge in [-0.1, -0.05) is 52.4 Å². The van der Waals surface area contributed by atoms with E-state index >= 15 is 0 Å². The van der Waals surface area contributed by atoms with E-state index in [1.54, 1.807) is 13.8 Å². The van der Waals surface area contributed by atoms with E-state index in [1.165, 1.54) is 0 Å². The van der Waals surface area contributed by atoms with Gasteiger partial charge < -0.3 is 21.7 Å². The van der Waals surface area contributed by atoms with E-state index in [0.29, 0.717) is 0 Å². The Morgan fingerprint density at radius 2 is 1.10 bits per heavy atom. The fraction of sp³-hybridized carbons (Fsp3) is 0.833. The standard InChI is InChI=1S/2C6H12NO2.2O.Tc/c2*1-3-4(2)5(7)6(8)9;;;/h2*4-5,7H,3H2,1-2H3,(H,8,9);;;/q2*-1;;;+3/i;;;;1+1. The molecule has 4 unspecified atom stereocenters. The molecule has 0 bridgehead atoms. The van der Waals surface area contributed by atoms with Crippen LogP contribution in [0.25, 0.3) is 11.5 Å². The van der Waals surface area contributed by atoms with Gasteiger partial charge in [0.25, 0.3) is 11.9 Å². The topological polar surface area (TPSA) is 156 Å².